The average Bonchev–Trinajstić information content (AvgIpc) is 3.15. The van der Waals surface area contributed by atoms with E-state index in [0.29, 0.717) is 59.7 Å². The van der Waals surface area contributed by atoms with Crippen molar-refractivity contribution < 1.29 is 14.3 Å². The lowest BCUT2D eigenvalue weighted by Gasteiger charge is -2.33. The van der Waals surface area contributed by atoms with Crippen LogP contribution >= 0.6 is 24.0 Å². The number of hydrogen-bond donors (Lipinski definition) is 0. The molecular weight excluding hydrogens is 496 g/mol. The van der Waals surface area contributed by atoms with Crippen molar-refractivity contribution >= 4 is 46.1 Å². The van der Waals surface area contributed by atoms with Crippen LogP contribution in [0.5, 0.6) is 5.75 Å². The number of nitriles is 1. The number of carbonyl (C=O) groups is 1. The third-order valence-electron chi connectivity index (χ3n) is 6.25. The molecule has 1 aromatic heterocycles. The number of pyridine rings is 1. The number of carbonyl (C=O) groups excluding carboxylic acids is 1. The standard InChI is InChI=1S/C26H28N4O4S2/c1-4-9-29-23(28-10-12-34-13-11-28)20(17(2)21(15-27)24(29)31)14-22-25(32)30(26(35)36-22)16-18-5-7-19(33-3)8-6-18/h5-8,14H,4,9-13,16H2,1-3H3/b22-14+. The monoisotopic (exact) mass is 524 g/mol. The fraction of sp³-hybridized carbons (Fsp3) is 0.385. The molecule has 2 saturated heterocycles. The van der Waals surface area contributed by atoms with Gasteiger partial charge >= 0.3 is 0 Å². The highest BCUT2D eigenvalue weighted by Gasteiger charge is 2.33. The topological polar surface area (TPSA) is 87.8 Å². The highest BCUT2D eigenvalue weighted by molar-refractivity contribution is 8.26. The van der Waals surface area contributed by atoms with Crippen LogP contribution in [0.1, 0.15) is 35.6 Å². The quantitative estimate of drug-likeness (QED) is 0.400. The molecule has 2 aliphatic rings. The van der Waals surface area contributed by atoms with E-state index in [1.807, 2.05) is 31.2 Å². The normalized spacial score (nSPS) is 17.1. The van der Waals surface area contributed by atoms with Gasteiger partial charge in [-0.1, -0.05) is 43.0 Å². The van der Waals surface area contributed by atoms with Gasteiger partial charge in [0, 0.05) is 25.2 Å². The Hall–Kier alpha value is -3.13. The lowest BCUT2D eigenvalue weighted by molar-refractivity contribution is -0.122. The summed E-state index contributed by atoms with van der Waals surface area (Å²) in [6.07, 6.45) is 2.52. The van der Waals surface area contributed by atoms with E-state index >= 15 is 0 Å². The molecule has 0 atom stereocenters. The maximum atomic E-state index is 13.4. The van der Waals surface area contributed by atoms with Crippen LogP contribution < -0.4 is 15.2 Å². The smallest absolute Gasteiger partial charge is 0.270 e. The van der Waals surface area contributed by atoms with Crippen molar-refractivity contribution in [3.63, 3.8) is 0 Å². The van der Waals surface area contributed by atoms with Crippen molar-refractivity contribution in [2.24, 2.45) is 0 Å². The summed E-state index contributed by atoms with van der Waals surface area (Å²) in [5, 5.41) is 9.79. The first-order valence-electron chi connectivity index (χ1n) is 11.8. The van der Waals surface area contributed by atoms with Gasteiger partial charge in [-0.15, -0.1) is 0 Å². The van der Waals surface area contributed by atoms with Gasteiger partial charge in [-0.3, -0.25) is 19.1 Å². The molecule has 0 aliphatic carbocycles. The number of nitrogens with zero attached hydrogens (tertiary/aromatic N) is 4. The molecule has 0 spiro atoms. The Morgan fingerprint density at radius 3 is 2.53 bits per heavy atom. The minimum Gasteiger partial charge on any atom is -0.497 e. The summed E-state index contributed by atoms with van der Waals surface area (Å²) in [6.45, 7) is 6.91. The summed E-state index contributed by atoms with van der Waals surface area (Å²) in [7, 11) is 1.61. The average molecular weight is 525 g/mol. The summed E-state index contributed by atoms with van der Waals surface area (Å²) in [6, 6.07) is 9.59. The van der Waals surface area contributed by atoms with Crippen molar-refractivity contribution in [2.75, 3.05) is 38.3 Å². The first-order valence-corrected chi connectivity index (χ1v) is 13.0. The van der Waals surface area contributed by atoms with Crippen LogP contribution in [0, 0.1) is 18.3 Å². The number of anilines is 1. The molecule has 10 heteroatoms. The number of thioether (sulfide) groups is 1. The van der Waals surface area contributed by atoms with E-state index in [2.05, 4.69) is 11.0 Å². The zero-order chi connectivity index (χ0) is 25.8. The SMILES string of the molecule is CCCn1c(N2CCOCC2)c(/C=C2/SC(=S)N(Cc3ccc(OC)cc3)C2=O)c(C)c(C#N)c1=O. The second kappa shape index (κ2) is 11.3. The van der Waals surface area contributed by atoms with Crippen LogP contribution in [0.4, 0.5) is 5.82 Å². The highest BCUT2D eigenvalue weighted by atomic mass is 32.2. The molecule has 36 heavy (non-hydrogen) atoms. The molecule has 1 amide bonds. The number of rotatable bonds is 7. The van der Waals surface area contributed by atoms with E-state index in [9.17, 15) is 14.9 Å². The molecule has 2 aliphatic heterocycles. The number of hydrogen-bond acceptors (Lipinski definition) is 8. The third kappa shape index (κ3) is 5.05. The molecule has 0 unspecified atom stereocenters. The van der Waals surface area contributed by atoms with Crippen LogP contribution in [0.3, 0.4) is 0 Å². The molecule has 0 saturated carbocycles. The zero-order valence-electron chi connectivity index (χ0n) is 20.6. The number of aromatic nitrogens is 1. The minimum absolute atomic E-state index is 0.0976. The van der Waals surface area contributed by atoms with E-state index in [4.69, 9.17) is 21.7 Å². The Balaban J connectivity index is 1.77. The fourth-order valence-electron chi connectivity index (χ4n) is 4.37. The largest absolute Gasteiger partial charge is 0.497 e. The van der Waals surface area contributed by atoms with Crippen LogP contribution in [-0.4, -0.2) is 53.1 Å². The van der Waals surface area contributed by atoms with Gasteiger partial charge in [0.2, 0.25) is 0 Å². The number of amides is 1. The predicted molar refractivity (Wildman–Crippen MR) is 145 cm³/mol. The Bertz CT molecular complexity index is 1310. The summed E-state index contributed by atoms with van der Waals surface area (Å²) >= 11 is 6.79. The van der Waals surface area contributed by atoms with Gasteiger partial charge in [-0.2, -0.15) is 5.26 Å². The molecule has 0 radical (unpaired) electrons. The molecule has 0 bridgehead atoms. The molecule has 1 aromatic carbocycles. The molecule has 3 heterocycles. The summed E-state index contributed by atoms with van der Waals surface area (Å²) in [5.41, 5.74) is 1.99. The first kappa shape index (κ1) is 25.9. The molecular formula is C26H28N4O4S2. The molecule has 188 valence electrons. The molecule has 8 nitrogen and oxygen atoms in total. The Labute approximate surface area is 220 Å². The van der Waals surface area contributed by atoms with Crippen molar-refractivity contribution in [1.82, 2.24) is 9.47 Å². The number of ether oxygens (including phenoxy) is 2. The second-order valence-electron chi connectivity index (χ2n) is 8.52. The van der Waals surface area contributed by atoms with E-state index in [-0.39, 0.29) is 17.0 Å². The van der Waals surface area contributed by atoms with E-state index < -0.39 is 0 Å². The lowest BCUT2D eigenvalue weighted by atomic mass is 10.0. The highest BCUT2D eigenvalue weighted by Crippen LogP contribution is 2.37. The van der Waals surface area contributed by atoms with Crippen molar-refractivity contribution in [3.8, 4) is 11.8 Å². The van der Waals surface area contributed by atoms with Crippen molar-refractivity contribution in [2.45, 2.75) is 33.4 Å². The van der Waals surface area contributed by atoms with Gasteiger partial charge in [0.1, 0.15) is 27.5 Å². The molecule has 2 fully saturated rings. The number of benzene rings is 1. The van der Waals surface area contributed by atoms with Crippen LogP contribution in [0.15, 0.2) is 34.0 Å². The van der Waals surface area contributed by atoms with Gasteiger partial charge in [0.05, 0.1) is 31.8 Å². The summed E-state index contributed by atoms with van der Waals surface area (Å²) in [4.78, 5) is 30.8. The number of thiocarbonyl (C=S) groups is 1. The summed E-state index contributed by atoms with van der Waals surface area (Å²) in [5.74, 6) is 1.27. The van der Waals surface area contributed by atoms with Crippen LogP contribution in [0.25, 0.3) is 6.08 Å². The Morgan fingerprint density at radius 1 is 1.22 bits per heavy atom. The zero-order valence-corrected chi connectivity index (χ0v) is 22.2. The van der Waals surface area contributed by atoms with Crippen molar-refractivity contribution in [1.29, 1.82) is 5.26 Å². The predicted octanol–water partition coefficient (Wildman–Crippen LogP) is 3.69. The Morgan fingerprint density at radius 2 is 1.92 bits per heavy atom. The fourth-order valence-corrected chi connectivity index (χ4v) is 5.61. The van der Waals surface area contributed by atoms with Gasteiger partial charge in [0.25, 0.3) is 11.5 Å². The lowest BCUT2D eigenvalue weighted by Crippen LogP contribution is -2.41. The minimum atomic E-state index is -0.303. The maximum Gasteiger partial charge on any atom is 0.270 e. The number of methoxy groups -OCH3 is 1. The van der Waals surface area contributed by atoms with Crippen molar-refractivity contribution in [3.05, 3.63) is 61.8 Å². The van der Waals surface area contributed by atoms with E-state index in [1.165, 1.54) is 11.8 Å². The summed E-state index contributed by atoms with van der Waals surface area (Å²) < 4.78 is 12.9. The molecule has 2 aromatic rings. The Kier molecular flexibility index (Phi) is 8.14. The molecule has 4 rings (SSSR count). The molecule has 0 N–H and O–H groups in total. The second-order valence-corrected chi connectivity index (χ2v) is 10.2. The van der Waals surface area contributed by atoms with Gasteiger partial charge < -0.3 is 14.4 Å². The van der Waals surface area contributed by atoms with Gasteiger partial charge in [-0.05, 0) is 42.7 Å². The van der Waals surface area contributed by atoms with Gasteiger partial charge in [0.15, 0.2) is 0 Å². The first-order chi connectivity index (χ1) is 17.4. The third-order valence-corrected chi connectivity index (χ3v) is 7.63. The van der Waals surface area contributed by atoms with Gasteiger partial charge in [-0.25, -0.2) is 0 Å². The number of morpholine rings is 1. The van der Waals surface area contributed by atoms with Crippen LogP contribution in [0.2, 0.25) is 0 Å². The van der Waals surface area contributed by atoms with Crippen LogP contribution in [-0.2, 0) is 22.6 Å². The van der Waals surface area contributed by atoms with E-state index in [1.54, 1.807) is 29.6 Å². The van der Waals surface area contributed by atoms with E-state index in [0.717, 1.165) is 23.6 Å². The maximum absolute atomic E-state index is 13.4.